The third-order valence-electron chi connectivity index (χ3n) is 3.68. The Hall–Kier alpha value is -2.54. The molecule has 0 aromatic heterocycles. The summed E-state index contributed by atoms with van der Waals surface area (Å²) in [6.07, 6.45) is 0. The number of aromatic carboxylic acids is 1. The van der Waals surface area contributed by atoms with Crippen molar-refractivity contribution in [3.8, 4) is 5.75 Å². The van der Waals surface area contributed by atoms with Gasteiger partial charge in [0.25, 0.3) is 10.0 Å². The number of carbonyl (C=O) groups is 1. The molecule has 0 amide bonds. The van der Waals surface area contributed by atoms with Crippen LogP contribution >= 0.6 is 0 Å². The zero-order valence-corrected chi connectivity index (χ0v) is 15.3. The van der Waals surface area contributed by atoms with Crippen LogP contribution in [-0.2, 0) is 15.4 Å². The average molecular weight is 363 g/mol. The molecule has 0 bridgehead atoms. The molecule has 0 saturated heterocycles. The Kier molecular flexibility index (Phi) is 5.08. The zero-order valence-electron chi connectivity index (χ0n) is 14.5. The third-order valence-corrected chi connectivity index (χ3v) is 5.08. The Morgan fingerprint density at radius 3 is 2.36 bits per heavy atom. The standard InChI is InChI=1S/C18H21NO5S/c1-18(2,3)13-8-9-15(24-4)16(11-13)25(22,23)19-14-7-5-6-12(10-14)17(20)21/h5-11,19H,1-4H3,(H,20,21). The summed E-state index contributed by atoms with van der Waals surface area (Å²) in [6.45, 7) is 5.94. The second-order valence-electron chi connectivity index (χ2n) is 6.61. The average Bonchev–Trinajstić information content (AvgIpc) is 2.53. The van der Waals surface area contributed by atoms with Gasteiger partial charge in [0, 0.05) is 5.69 Å². The number of ether oxygens (including phenoxy) is 1. The summed E-state index contributed by atoms with van der Waals surface area (Å²) >= 11 is 0. The van der Waals surface area contributed by atoms with Crippen LogP contribution in [-0.4, -0.2) is 26.6 Å². The first-order chi connectivity index (χ1) is 11.5. The van der Waals surface area contributed by atoms with E-state index in [0.717, 1.165) is 5.56 Å². The molecule has 0 heterocycles. The number of anilines is 1. The van der Waals surface area contributed by atoms with E-state index in [1.54, 1.807) is 12.1 Å². The van der Waals surface area contributed by atoms with Crippen LogP contribution in [0.25, 0.3) is 0 Å². The summed E-state index contributed by atoms with van der Waals surface area (Å²) in [6, 6.07) is 10.6. The van der Waals surface area contributed by atoms with E-state index in [1.807, 2.05) is 26.8 Å². The van der Waals surface area contributed by atoms with Crippen molar-refractivity contribution >= 4 is 21.7 Å². The summed E-state index contributed by atoms with van der Waals surface area (Å²) in [5.74, 6) is -0.914. The molecule has 25 heavy (non-hydrogen) atoms. The van der Waals surface area contributed by atoms with Gasteiger partial charge in [0.15, 0.2) is 0 Å². The molecule has 0 aliphatic carbocycles. The van der Waals surface area contributed by atoms with Crippen molar-refractivity contribution in [2.75, 3.05) is 11.8 Å². The van der Waals surface area contributed by atoms with Crippen molar-refractivity contribution < 1.29 is 23.1 Å². The number of hydrogen-bond acceptors (Lipinski definition) is 4. The Balaban J connectivity index is 2.49. The highest BCUT2D eigenvalue weighted by Gasteiger charge is 2.24. The highest BCUT2D eigenvalue weighted by atomic mass is 32.2. The van der Waals surface area contributed by atoms with Crippen LogP contribution in [0.15, 0.2) is 47.4 Å². The second-order valence-corrected chi connectivity index (χ2v) is 8.26. The van der Waals surface area contributed by atoms with E-state index in [1.165, 1.54) is 31.4 Å². The van der Waals surface area contributed by atoms with E-state index >= 15 is 0 Å². The molecule has 0 spiro atoms. The van der Waals surface area contributed by atoms with Gasteiger partial charge in [0.2, 0.25) is 0 Å². The lowest BCUT2D eigenvalue weighted by Gasteiger charge is -2.21. The van der Waals surface area contributed by atoms with Crippen molar-refractivity contribution in [2.45, 2.75) is 31.1 Å². The van der Waals surface area contributed by atoms with E-state index in [2.05, 4.69) is 4.72 Å². The first-order valence-corrected chi connectivity index (χ1v) is 9.07. The fourth-order valence-corrected chi connectivity index (χ4v) is 3.52. The Morgan fingerprint density at radius 2 is 1.80 bits per heavy atom. The van der Waals surface area contributed by atoms with Gasteiger partial charge < -0.3 is 9.84 Å². The predicted molar refractivity (Wildman–Crippen MR) is 95.9 cm³/mol. The maximum Gasteiger partial charge on any atom is 0.335 e. The first-order valence-electron chi connectivity index (χ1n) is 7.59. The number of rotatable bonds is 5. The minimum absolute atomic E-state index is 0.00292. The van der Waals surface area contributed by atoms with Gasteiger partial charge in [-0.3, -0.25) is 4.72 Å². The summed E-state index contributed by atoms with van der Waals surface area (Å²) < 4.78 is 33.2. The van der Waals surface area contributed by atoms with Crippen molar-refractivity contribution in [2.24, 2.45) is 0 Å². The van der Waals surface area contributed by atoms with Crippen molar-refractivity contribution in [3.63, 3.8) is 0 Å². The molecule has 2 aromatic carbocycles. The first kappa shape index (κ1) is 18.8. The Labute approximate surface area is 147 Å². The lowest BCUT2D eigenvalue weighted by atomic mass is 9.87. The number of nitrogens with one attached hydrogen (secondary N) is 1. The van der Waals surface area contributed by atoms with Crippen LogP contribution in [0.4, 0.5) is 5.69 Å². The monoisotopic (exact) mass is 363 g/mol. The molecule has 0 radical (unpaired) electrons. The van der Waals surface area contributed by atoms with E-state index < -0.39 is 16.0 Å². The lowest BCUT2D eigenvalue weighted by Crippen LogP contribution is -2.17. The van der Waals surface area contributed by atoms with Gasteiger partial charge in [-0.05, 0) is 41.3 Å². The Morgan fingerprint density at radius 1 is 1.12 bits per heavy atom. The molecule has 0 aliphatic heterocycles. The minimum Gasteiger partial charge on any atom is -0.495 e. The molecule has 0 atom stereocenters. The van der Waals surface area contributed by atoms with Gasteiger partial charge in [-0.1, -0.05) is 32.9 Å². The third kappa shape index (κ3) is 4.30. The molecule has 0 fully saturated rings. The zero-order chi connectivity index (χ0) is 18.8. The van der Waals surface area contributed by atoms with Crippen LogP contribution in [0.3, 0.4) is 0 Å². The largest absolute Gasteiger partial charge is 0.495 e. The maximum atomic E-state index is 12.8. The fourth-order valence-electron chi connectivity index (χ4n) is 2.28. The maximum absolute atomic E-state index is 12.8. The highest BCUT2D eigenvalue weighted by Crippen LogP contribution is 2.31. The van der Waals surface area contributed by atoms with Crippen LogP contribution in [0, 0.1) is 0 Å². The topological polar surface area (TPSA) is 92.7 Å². The highest BCUT2D eigenvalue weighted by molar-refractivity contribution is 7.92. The van der Waals surface area contributed by atoms with Gasteiger partial charge >= 0.3 is 5.97 Å². The molecule has 2 aromatic rings. The van der Waals surface area contributed by atoms with Gasteiger partial charge in [-0.25, -0.2) is 13.2 Å². The minimum atomic E-state index is -3.95. The van der Waals surface area contributed by atoms with Crippen molar-refractivity contribution in [1.82, 2.24) is 0 Å². The van der Waals surface area contributed by atoms with E-state index in [0.29, 0.717) is 0 Å². The molecule has 0 aliphatic rings. The van der Waals surface area contributed by atoms with Crippen LogP contribution in [0.5, 0.6) is 5.75 Å². The molecular weight excluding hydrogens is 342 g/mol. The molecule has 6 nitrogen and oxygen atoms in total. The number of benzene rings is 2. The lowest BCUT2D eigenvalue weighted by molar-refractivity contribution is 0.0697. The van der Waals surface area contributed by atoms with Crippen molar-refractivity contribution in [1.29, 1.82) is 0 Å². The fraction of sp³-hybridized carbons (Fsp3) is 0.278. The summed E-state index contributed by atoms with van der Waals surface area (Å²) in [7, 11) is -2.55. The summed E-state index contributed by atoms with van der Waals surface area (Å²) in [5, 5.41) is 9.04. The predicted octanol–water partition coefficient (Wildman–Crippen LogP) is 3.49. The van der Waals surface area contributed by atoms with Gasteiger partial charge in [-0.15, -0.1) is 0 Å². The van der Waals surface area contributed by atoms with E-state index in [9.17, 15) is 13.2 Å². The molecule has 134 valence electrons. The van der Waals surface area contributed by atoms with Crippen LogP contribution in [0.2, 0.25) is 0 Å². The molecule has 2 N–H and O–H groups in total. The SMILES string of the molecule is COc1ccc(C(C)(C)C)cc1S(=O)(=O)Nc1cccc(C(=O)O)c1. The second kappa shape index (κ2) is 6.76. The molecule has 0 unspecified atom stereocenters. The number of carboxylic acid groups (broad SMARTS) is 1. The van der Waals surface area contributed by atoms with Crippen LogP contribution < -0.4 is 9.46 Å². The van der Waals surface area contributed by atoms with Crippen molar-refractivity contribution in [3.05, 3.63) is 53.6 Å². The number of hydrogen-bond donors (Lipinski definition) is 2. The quantitative estimate of drug-likeness (QED) is 0.848. The number of methoxy groups -OCH3 is 1. The van der Waals surface area contributed by atoms with Gasteiger partial charge in [-0.2, -0.15) is 0 Å². The summed E-state index contributed by atoms with van der Waals surface area (Å²) in [5.41, 5.74) is 0.770. The molecule has 2 rings (SSSR count). The number of sulfonamides is 1. The smallest absolute Gasteiger partial charge is 0.335 e. The van der Waals surface area contributed by atoms with Crippen LogP contribution in [0.1, 0.15) is 36.7 Å². The van der Waals surface area contributed by atoms with E-state index in [4.69, 9.17) is 9.84 Å². The summed E-state index contributed by atoms with van der Waals surface area (Å²) in [4.78, 5) is 11.0. The van der Waals surface area contributed by atoms with Gasteiger partial charge in [0.05, 0.1) is 12.7 Å². The van der Waals surface area contributed by atoms with Gasteiger partial charge in [0.1, 0.15) is 10.6 Å². The normalized spacial score (nSPS) is 11.8. The molecule has 0 saturated carbocycles. The number of carboxylic acids is 1. The van der Waals surface area contributed by atoms with E-state index in [-0.39, 0.29) is 27.3 Å². The Bertz CT molecular complexity index is 898. The molecular formula is C18H21NO5S. The molecule has 7 heteroatoms.